The molecule has 1 amide bonds. The molecule has 1 aromatic heterocycles. The zero-order valence-electron chi connectivity index (χ0n) is 12.5. The van der Waals surface area contributed by atoms with Crippen LogP contribution in [0.3, 0.4) is 0 Å². The van der Waals surface area contributed by atoms with Gasteiger partial charge in [-0.25, -0.2) is 0 Å². The standard InChI is InChI=1S/C15H24N4O/c1-9-6-14(13(7-16)11(3)18-9)19-8-12(15(17)20)5-4-10(19)2/h6,10,12H,4-5,7-8,16H2,1-3H3,(H2,17,20). The number of anilines is 1. The predicted molar refractivity (Wildman–Crippen MR) is 80.3 cm³/mol. The summed E-state index contributed by atoms with van der Waals surface area (Å²) in [6, 6.07) is 2.45. The molecule has 1 aliphatic rings. The molecule has 2 heterocycles. The lowest BCUT2D eigenvalue weighted by Crippen LogP contribution is -2.46. The molecule has 0 saturated carbocycles. The minimum atomic E-state index is -0.210. The van der Waals surface area contributed by atoms with Gasteiger partial charge in [0.15, 0.2) is 0 Å². The zero-order valence-corrected chi connectivity index (χ0v) is 12.5. The Morgan fingerprint density at radius 2 is 2.15 bits per heavy atom. The fourth-order valence-electron chi connectivity index (χ4n) is 3.02. The van der Waals surface area contributed by atoms with Crippen molar-refractivity contribution < 1.29 is 4.79 Å². The van der Waals surface area contributed by atoms with Gasteiger partial charge in [0.05, 0.1) is 5.92 Å². The lowest BCUT2D eigenvalue weighted by atomic mass is 9.91. The van der Waals surface area contributed by atoms with Crippen molar-refractivity contribution in [2.24, 2.45) is 17.4 Å². The largest absolute Gasteiger partial charge is 0.369 e. The second-order valence-electron chi connectivity index (χ2n) is 5.73. The van der Waals surface area contributed by atoms with Crippen LogP contribution in [0.5, 0.6) is 0 Å². The van der Waals surface area contributed by atoms with Gasteiger partial charge < -0.3 is 16.4 Å². The molecular weight excluding hydrogens is 252 g/mol. The molecule has 0 radical (unpaired) electrons. The molecule has 1 aliphatic heterocycles. The molecule has 2 unspecified atom stereocenters. The maximum Gasteiger partial charge on any atom is 0.222 e. The van der Waals surface area contributed by atoms with Crippen molar-refractivity contribution in [1.82, 2.24) is 4.98 Å². The molecule has 2 atom stereocenters. The number of nitrogens with zero attached hydrogens (tertiary/aromatic N) is 2. The van der Waals surface area contributed by atoms with Crippen LogP contribution in [-0.2, 0) is 11.3 Å². The molecule has 0 bridgehead atoms. The van der Waals surface area contributed by atoms with Crippen LogP contribution in [0.4, 0.5) is 5.69 Å². The van der Waals surface area contributed by atoms with E-state index in [1.807, 2.05) is 13.8 Å². The number of hydrogen-bond donors (Lipinski definition) is 2. The summed E-state index contributed by atoms with van der Waals surface area (Å²) < 4.78 is 0. The van der Waals surface area contributed by atoms with E-state index in [4.69, 9.17) is 11.5 Å². The number of pyridine rings is 1. The van der Waals surface area contributed by atoms with E-state index in [0.717, 1.165) is 35.5 Å². The van der Waals surface area contributed by atoms with E-state index < -0.39 is 0 Å². The van der Waals surface area contributed by atoms with Crippen molar-refractivity contribution in [3.05, 3.63) is 23.0 Å². The first-order valence-electron chi connectivity index (χ1n) is 7.17. The monoisotopic (exact) mass is 276 g/mol. The van der Waals surface area contributed by atoms with E-state index in [-0.39, 0.29) is 11.8 Å². The number of carbonyl (C=O) groups excluding carboxylic acids is 1. The smallest absolute Gasteiger partial charge is 0.222 e. The van der Waals surface area contributed by atoms with Gasteiger partial charge in [0.25, 0.3) is 0 Å². The summed E-state index contributed by atoms with van der Waals surface area (Å²) in [7, 11) is 0. The number of hydrogen-bond acceptors (Lipinski definition) is 4. The highest BCUT2D eigenvalue weighted by atomic mass is 16.1. The number of carbonyl (C=O) groups is 1. The zero-order chi connectivity index (χ0) is 14.9. The minimum Gasteiger partial charge on any atom is -0.369 e. The van der Waals surface area contributed by atoms with Crippen molar-refractivity contribution in [2.75, 3.05) is 11.4 Å². The second-order valence-corrected chi connectivity index (χ2v) is 5.73. The van der Waals surface area contributed by atoms with Crippen LogP contribution in [-0.4, -0.2) is 23.5 Å². The topological polar surface area (TPSA) is 85.2 Å². The Bertz CT molecular complexity index is 515. The third-order valence-corrected chi connectivity index (χ3v) is 4.23. The minimum absolute atomic E-state index is 0.0781. The molecule has 1 saturated heterocycles. The van der Waals surface area contributed by atoms with Gasteiger partial charge in [0, 0.05) is 41.8 Å². The third kappa shape index (κ3) is 2.77. The number of nitrogens with two attached hydrogens (primary N) is 2. The first-order valence-corrected chi connectivity index (χ1v) is 7.17. The van der Waals surface area contributed by atoms with Crippen LogP contribution in [0.25, 0.3) is 0 Å². The van der Waals surface area contributed by atoms with Gasteiger partial charge in [-0.05, 0) is 39.7 Å². The van der Waals surface area contributed by atoms with Crippen molar-refractivity contribution in [2.45, 2.75) is 46.2 Å². The van der Waals surface area contributed by atoms with Crippen LogP contribution in [0.1, 0.15) is 36.7 Å². The highest BCUT2D eigenvalue weighted by Crippen LogP contribution is 2.31. The normalized spacial score (nSPS) is 22.9. The highest BCUT2D eigenvalue weighted by molar-refractivity contribution is 5.78. The molecule has 4 N–H and O–H groups in total. The van der Waals surface area contributed by atoms with Gasteiger partial charge in [0.1, 0.15) is 0 Å². The Hall–Kier alpha value is -1.62. The van der Waals surface area contributed by atoms with Crippen molar-refractivity contribution in [1.29, 1.82) is 0 Å². The fraction of sp³-hybridized carbons (Fsp3) is 0.600. The van der Waals surface area contributed by atoms with E-state index >= 15 is 0 Å². The van der Waals surface area contributed by atoms with Gasteiger partial charge >= 0.3 is 0 Å². The van der Waals surface area contributed by atoms with Crippen molar-refractivity contribution in [3.8, 4) is 0 Å². The third-order valence-electron chi connectivity index (χ3n) is 4.23. The molecule has 5 nitrogen and oxygen atoms in total. The molecule has 1 fully saturated rings. The molecule has 110 valence electrons. The lowest BCUT2D eigenvalue weighted by molar-refractivity contribution is -0.122. The molecule has 2 rings (SSSR count). The number of rotatable bonds is 3. The lowest BCUT2D eigenvalue weighted by Gasteiger charge is -2.40. The van der Waals surface area contributed by atoms with E-state index in [2.05, 4.69) is 22.9 Å². The number of primary amides is 1. The molecule has 0 aliphatic carbocycles. The number of piperidine rings is 1. The summed E-state index contributed by atoms with van der Waals surface area (Å²) in [4.78, 5) is 18.2. The number of aromatic nitrogens is 1. The summed E-state index contributed by atoms with van der Waals surface area (Å²) >= 11 is 0. The Labute approximate surface area is 120 Å². The van der Waals surface area contributed by atoms with Crippen LogP contribution in [0, 0.1) is 19.8 Å². The van der Waals surface area contributed by atoms with Gasteiger partial charge in [-0.1, -0.05) is 0 Å². The van der Waals surface area contributed by atoms with Gasteiger partial charge in [-0.2, -0.15) is 0 Å². The molecular formula is C15H24N4O. The maximum atomic E-state index is 11.5. The van der Waals surface area contributed by atoms with E-state index in [9.17, 15) is 4.79 Å². The van der Waals surface area contributed by atoms with Crippen LogP contribution in [0.2, 0.25) is 0 Å². The quantitative estimate of drug-likeness (QED) is 0.870. The fourth-order valence-corrected chi connectivity index (χ4v) is 3.02. The van der Waals surface area contributed by atoms with Crippen molar-refractivity contribution >= 4 is 11.6 Å². The van der Waals surface area contributed by atoms with Crippen LogP contribution in [0.15, 0.2) is 6.07 Å². The second kappa shape index (κ2) is 5.79. The predicted octanol–water partition coefficient (Wildman–Crippen LogP) is 1.25. The molecule has 20 heavy (non-hydrogen) atoms. The molecule has 1 aromatic rings. The molecule has 0 aromatic carbocycles. The molecule has 5 heteroatoms. The van der Waals surface area contributed by atoms with Crippen LogP contribution >= 0.6 is 0 Å². The average Bonchev–Trinajstić information content (AvgIpc) is 2.38. The van der Waals surface area contributed by atoms with Crippen LogP contribution < -0.4 is 16.4 Å². The van der Waals surface area contributed by atoms with Gasteiger partial charge in [-0.15, -0.1) is 0 Å². The number of amides is 1. The van der Waals surface area contributed by atoms with Crippen molar-refractivity contribution in [3.63, 3.8) is 0 Å². The highest BCUT2D eigenvalue weighted by Gasteiger charge is 2.30. The first-order chi connectivity index (χ1) is 9.43. The average molecular weight is 276 g/mol. The maximum absolute atomic E-state index is 11.5. The van der Waals surface area contributed by atoms with Gasteiger partial charge in [-0.3, -0.25) is 9.78 Å². The Kier molecular flexibility index (Phi) is 4.28. The Balaban J connectivity index is 2.40. The first kappa shape index (κ1) is 14.8. The van der Waals surface area contributed by atoms with Gasteiger partial charge in [0.2, 0.25) is 5.91 Å². The SMILES string of the molecule is Cc1cc(N2CC(C(N)=O)CCC2C)c(CN)c(C)n1. The Morgan fingerprint density at radius 1 is 1.45 bits per heavy atom. The number of aryl methyl sites for hydroxylation is 2. The summed E-state index contributed by atoms with van der Waals surface area (Å²) in [6.07, 6.45) is 1.84. The molecule has 0 spiro atoms. The Morgan fingerprint density at radius 3 is 2.75 bits per heavy atom. The summed E-state index contributed by atoms with van der Waals surface area (Å²) in [5.41, 5.74) is 15.5. The van der Waals surface area contributed by atoms with E-state index in [0.29, 0.717) is 19.1 Å². The van der Waals surface area contributed by atoms with E-state index in [1.165, 1.54) is 0 Å². The summed E-state index contributed by atoms with van der Waals surface area (Å²) in [6.45, 7) is 7.28. The summed E-state index contributed by atoms with van der Waals surface area (Å²) in [5.74, 6) is -0.288. The summed E-state index contributed by atoms with van der Waals surface area (Å²) in [5, 5.41) is 0. The van der Waals surface area contributed by atoms with E-state index in [1.54, 1.807) is 0 Å².